The van der Waals surface area contributed by atoms with Crippen molar-refractivity contribution >= 4 is 0 Å². The summed E-state index contributed by atoms with van der Waals surface area (Å²) in [5, 5.41) is 0. The number of nitrogens with zero attached hydrogens (tertiary/aromatic N) is 1. The van der Waals surface area contributed by atoms with Crippen LogP contribution in [-0.2, 0) is 0 Å². The molecule has 0 saturated carbocycles. The Hall–Kier alpha value is -0.0800. The van der Waals surface area contributed by atoms with Crippen LogP contribution in [0.15, 0.2) is 0 Å². The maximum Gasteiger partial charge on any atom is -0.00187 e. The molecule has 0 aromatic heterocycles. The van der Waals surface area contributed by atoms with Gasteiger partial charge in [0.2, 0.25) is 0 Å². The summed E-state index contributed by atoms with van der Waals surface area (Å²) in [6, 6.07) is 0. The van der Waals surface area contributed by atoms with Gasteiger partial charge in [-0.05, 0) is 51.9 Å². The second-order valence-corrected chi connectivity index (χ2v) is 15.7. The Morgan fingerprint density at radius 1 is 0.229 bits per heavy atom. The number of unbranched alkanes of at least 4 members (excludes halogenated alkanes) is 34. The van der Waals surface area contributed by atoms with Gasteiger partial charge in [0.05, 0.1) is 0 Å². The molecule has 0 amide bonds. The molecule has 0 aliphatic rings. The van der Waals surface area contributed by atoms with Gasteiger partial charge < -0.3 is 10.6 Å². The normalized spacial score (nSPS) is 11.4. The van der Waals surface area contributed by atoms with Crippen LogP contribution in [-0.4, -0.2) is 31.1 Å². The molecule has 292 valence electrons. The van der Waals surface area contributed by atoms with Crippen LogP contribution in [0, 0.1) is 0 Å². The van der Waals surface area contributed by atoms with E-state index in [4.69, 9.17) is 5.73 Å². The highest BCUT2D eigenvalue weighted by molar-refractivity contribution is 4.61. The zero-order chi connectivity index (χ0) is 35.3. The van der Waals surface area contributed by atoms with Gasteiger partial charge in [0.15, 0.2) is 0 Å². The lowest BCUT2D eigenvalue weighted by Gasteiger charge is -2.22. The van der Waals surface area contributed by atoms with Crippen LogP contribution in [0.25, 0.3) is 0 Å². The monoisotopic (exact) mass is 679 g/mol. The van der Waals surface area contributed by atoms with Crippen LogP contribution < -0.4 is 5.73 Å². The second-order valence-electron chi connectivity index (χ2n) is 15.7. The molecule has 0 heterocycles. The molecule has 0 rings (SSSR count). The second kappa shape index (κ2) is 49.0. The van der Waals surface area contributed by atoms with E-state index in [1.54, 1.807) is 0 Å². The summed E-state index contributed by atoms with van der Waals surface area (Å²) in [6.07, 6.45) is 54.5. The van der Waals surface area contributed by atoms with Gasteiger partial charge in [0, 0.05) is 0 Å². The quantitative estimate of drug-likeness (QED) is 0.0652. The van der Waals surface area contributed by atoms with Crippen molar-refractivity contribution in [2.24, 2.45) is 5.73 Å². The molecule has 0 aliphatic carbocycles. The van der Waals surface area contributed by atoms with Gasteiger partial charge in [0.25, 0.3) is 0 Å². The summed E-state index contributed by atoms with van der Waals surface area (Å²) in [4.78, 5) is 2.84. The largest absolute Gasteiger partial charge is 0.330 e. The number of hydrogen-bond donors (Lipinski definition) is 1. The lowest BCUT2D eigenvalue weighted by molar-refractivity contribution is 0.254. The maximum absolute atomic E-state index is 5.44. The van der Waals surface area contributed by atoms with Crippen LogP contribution in [0.5, 0.6) is 0 Å². The summed E-state index contributed by atoms with van der Waals surface area (Å²) in [5.74, 6) is 0. The molecule has 0 unspecified atom stereocenters. The smallest absolute Gasteiger partial charge is 0.00187 e. The molecule has 2 N–H and O–H groups in total. The Bertz CT molecular complexity index is 442. The van der Waals surface area contributed by atoms with Gasteiger partial charge in [-0.3, -0.25) is 0 Å². The molecule has 0 atom stereocenters. The minimum absolute atomic E-state index is 0.872. The zero-order valence-electron chi connectivity index (χ0n) is 34.7. The van der Waals surface area contributed by atoms with Crippen molar-refractivity contribution in [1.82, 2.24) is 4.90 Å². The van der Waals surface area contributed by atoms with Crippen LogP contribution in [0.3, 0.4) is 0 Å². The van der Waals surface area contributed by atoms with Gasteiger partial charge >= 0.3 is 0 Å². The Labute approximate surface area is 307 Å². The summed E-state index contributed by atoms with van der Waals surface area (Å²) >= 11 is 0. The molecular weight excluding hydrogens is 581 g/mol. The topological polar surface area (TPSA) is 29.3 Å². The third-order valence-electron chi connectivity index (χ3n) is 10.5. The predicted octanol–water partition coefficient (Wildman–Crippen LogP) is 16.1. The maximum atomic E-state index is 5.44. The number of rotatable bonds is 41. The fraction of sp³-hybridized carbons (Fsp3) is 1.00. The van der Waals surface area contributed by atoms with Crippen molar-refractivity contribution in [2.75, 3.05) is 26.2 Å². The van der Waals surface area contributed by atoms with E-state index in [-0.39, 0.29) is 0 Å². The van der Waals surface area contributed by atoms with Crippen molar-refractivity contribution in [3.05, 3.63) is 0 Å². The highest BCUT2D eigenvalue weighted by Gasteiger charge is 2.05. The summed E-state index contributed by atoms with van der Waals surface area (Å²) in [5.41, 5.74) is 5.44. The van der Waals surface area contributed by atoms with Crippen molar-refractivity contribution in [2.45, 2.75) is 272 Å². The molecule has 0 spiro atoms. The van der Waals surface area contributed by atoms with Gasteiger partial charge in [-0.1, -0.05) is 246 Å². The molecule has 0 saturated heterocycles. The average molecular weight is 679 g/mol. The minimum atomic E-state index is 0.872. The fourth-order valence-corrected chi connectivity index (χ4v) is 7.08. The van der Waals surface area contributed by atoms with E-state index in [1.165, 1.54) is 264 Å². The third-order valence-corrected chi connectivity index (χ3v) is 10.5. The minimum Gasteiger partial charge on any atom is -0.330 e. The van der Waals surface area contributed by atoms with E-state index < -0.39 is 0 Å². The van der Waals surface area contributed by atoms with Crippen LogP contribution in [0.4, 0.5) is 0 Å². The molecule has 0 aromatic rings. The standard InChI is InChI=1S/C33H69N.C13H29N/c1-4-7-10-13-16-19-22-25-28-31-34(32-29-26-23-20-17-14-11-8-5-2)33-30-27-24-21-18-15-12-9-6-3;1-2-3-4-5-6-7-8-9-10-11-12-13-14/h4-33H2,1-3H3;2-14H2,1H3. The Morgan fingerprint density at radius 3 is 0.583 bits per heavy atom. The van der Waals surface area contributed by atoms with E-state index in [2.05, 4.69) is 32.6 Å². The Balaban J connectivity index is 0. The Kier molecular flexibility index (Phi) is 51.1. The highest BCUT2D eigenvalue weighted by atomic mass is 15.1. The van der Waals surface area contributed by atoms with Crippen LogP contribution >= 0.6 is 0 Å². The van der Waals surface area contributed by atoms with Crippen molar-refractivity contribution < 1.29 is 0 Å². The zero-order valence-corrected chi connectivity index (χ0v) is 34.7. The van der Waals surface area contributed by atoms with Crippen molar-refractivity contribution in [3.8, 4) is 0 Å². The molecule has 0 fully saturated rings. The third kappa shape index (κ3) is 48.0. The molecular formula is C46H98N2. The lowest BCUT2D eigenvalue weighted by atomic mass is 10.1. The van der Waals surface area contributed by atoms with Crippen molar-refractivity contribution in [1.29, 1.82) is 0 Å². The first-order chi connectivity index (χ1) is 23.8. The van der Waals surface area contributed by atoms with Crippen LogP contribution in [0.2, 0.25) is 0 Å². The molecule has 0 aliphatic heterocycles. The highest BCUT2D eigenvalue weighted by Crippen LogP contribution is 2.15. The first-order valence-corrected chi connectivity index (χ1v) is 23.2. The molecule has 48 heavy (non-hydrogen) atoms. The van der Waals surface area contributed by atoms with E-state index in [9.17, 15) is 0 Å². The first-order valence-electron chi connectivity index (χ1n) is 23.2. The van der Waals surface area contributed by atoms with Crippen molar-refractivity contribution in [3.63, 3.8) is 0 Å². The van der Waals surface area contributed by atoms with Gasteiger partial charge in [-0.2, -0.15) is 0 Å². The average Bonchev–Trinajstić information content (AvgIpc) is 3.10. The molecule has 0 aromatic carbocycles. The Morgan fingerprint density at radius 2 is 0.396 bits per heavy atom. The van der Waals surface area contributed by atoms with E-state index in [0.29, 0.717) is 0 Å². The molecule has 0 radical (unpaired) electrons. The summed E-state index contributed by atoms with van der Waals surface area (Å²) in [7, 11) is 0. The van der Waals surface area contributed by atoms with E-state index >= 15 is 0 Å². The number of nitrogens with two attached hydrogens (primary N) is 1. The van der Waals surface area contributed by atoms with Gasteiger partial charge in [0.1, 0.15) is 0 Å². The summed E-state index contributed by atoms with van der Waals surface area (Å²) in [6.45, 7) is 14.2. The van der Waals surface area contributed by atoms with Crippen LogP contribution in [0.1, 0.15) is 272 Å². The van der Waals surface area contributed by atoms with Gasteiger partial charge in [-0.15, -0.1) is 0 Å². The SMILES string of the molecule is CCCCCCCCCCCCCN.CCCCCCCCCCCN(CCCCCCCCCCC)CCCCCCCCCCC. The lowest BCUT2D eigenvalue weighted by Crippen LogP contribution is -2.27. The molecule has 0 bridgehead atoms. The molecule has 2 nitrogen and oxygen atoms in total. The predicted molar refractivity (Wildman–Crippen MR) is 224 cm³/mol. The fourth-order valence-electron chi connectivity index (χ4n) is 7.08. The van der Waals surface area contributed by atoms with Gasteiger partial charge in [-0.25, -0.2) is 0 Å². The summed E-state index contributed by atoms with van der Waals surface area (Å²) < 4.78 is 0. The number of hydrogen-bond acceptors (Lipinski definition) is 2. The van der Waals surface area contributed by atoms with E-state index in [0.717, 1.165) is 6.54 Å². The van der Waals surface area contributed by atoms with E-state index in [1.807, 2.05) is 0 Å². The first kappa shape index (κ1) is 50.0. The molecule has 2 heteroatoms.